The lowest BCUT2D eigenvalue weighted by Gasteiger charge is -2.07. The number of non-ortho nitro benzene ring substituents is 1. The van der Waals surface area contributed by atoms with E-state index in [0.717, 1.165) is 6.42 Å². The zero-order valence-electron chi connectivity index (χ0n) is 9.69. The molecule has 6 nitrogen and oxygen atoms in total. The number of nitrogens with zero attached hydrogens (tertiary/aromatic N) is 1. The molecule has 0 aromatic heterocycles. The van der Waals surface area contributed by atoms with Gasteiger partial charge in [-0.2, -0.15) is 0 Å². The van der Waals surface area contributed by atoms with Crippen LogP contribution in [0.2, 0.25) is 5.02 Å². The lowest BCUT2D eigenvalue weighted by atomic mass is 10.2. The van der Waals surface area contributed by atoms with Crippen LogP contribution in [0.25, 0.3) is 0 Å². The molecule has 1 aromatic rings. The minimum atomic E-state index is -0.498. The van der Waals surface area contributed by atoms with Crippen molar-refractivity contribution >= 4 is 28.9 Å². The fourth-order valence-corrected chi connectivity index (χ4v) is 1.65. The number of halogens is 1. The highest BCUT2D eigenvalue weighted by atomic mass is 35.5. The van der Waals surface area contributed by atoms with Crippen LogP contribution in [0.15, 0.2) is 18.2 Å². The van der Waals surface area contributed by atoms with Crippen molar-refractivity contribution < 1.29 is 9.72 Å². The van der Waals surface area contributed by atoms with Gasteiger partial charge >= 0.3 is 0 Å². The predicted octanol–water partition coefficient (Wildman–Crippen LogP) is 2.32. The Hall–Kier alpha value is -1.82. The second-order valence-electron chi connectivity index (χ2n) is 3.77. The van der Waals surface area contributed by atoms with E-state index in [1.165, 1.54) is 12.1 Å². The van der Waals surface area contributed by atoms with Crippen molar-refractivity contribution in [3.05, 3.63) is 33.3 Å². The van der Waals surface area contributed by atoms with Crippen LogP contribution in [0.5, 0.6) is 0 Å². The summed E-state index contributed by atoms with van der Waals surface area (Å²) in [4.78, 5) is 20.5. The van der Waals surface area contributed by atoms with Gasteiger partial charge in [0.05, 0.1) is 15.6 Å². The van der Waals surface area contributed by atoms with Gasteiger partial charge in [0.25, 0.3) is 5.69 Å². The van der Waals surface area contributed by atoms with Gasteiger partial charge in [-0.05, 0) is 18.9 Å². The number of carbonyl (C=O) groups excluding carboxylic acids is 1. The first-order chi connectivity index (χ1) is 8.50. The van der Waals surface area contributed by atoms with Crippen LogP contribution in [0, 0.1) is 10.1 Å². The molecule has 98 valence electrons. The van der Waals surface area contributed by atoms with E-state index < -0.39 is 4.92 Å². The third kappa shape index (κ3) is 4.58. The summed E-state index contributed by atoms with van der Waals surface area (Å²) in [5.74, 6) is -0.316. The molecule has 0 unspecified atom stereocenters. The van der Waals surface area contributed by atoms with Crippen LogP contribution in [0.3, 0.4) is 0 Å². The molecule has 0 saturated heterocycles. The van der Waals surface area contributed by atoms with Crippen molar-refractivity contribution in [2.45, 2.75) is 19.3 Å². The number of primary amides is 1. The summed E-state index contributed by atoms with van der Waals surface area (Å²) in [6.07, 6.45) is 1.83. The Morgan fingerprint density at radius 2 is 2.17 bits per heavy atom. The van der Waals surface area contributed by atoms with Gasteiger partial charge in [-0.3, -0.25) is 14.9 Å². The Morgan fingerprint density at radius 1 is 1.44 bits per heavy atom. The van der Waals surface area contributed by atoms with E-state index in [0.29, 0.717) is 30.1 Å². The first-order valence-electron chi connectivity index (χ1n) is 5.47. The van der Waals surface area contributed by atoms with Gasteiger partial charge in [0.2, 0.25) is 5.91 Å². The molecule has 0 saturated carbocycles. The number of nitrogens with one attached hydrogen (secondary N) is 1. The standard InChI is InChI=1S/C11H14ClN3O3/c12-9-7-8(15(17)18)4-5-10(9)14-6-2-1-3-11(13)16/h4-5,7,14H,1-3,6H2,(H2,13,16). The van der Waals surface area contributed by atoms with Crippen LogP contribution in [0.4, 0.5) is 11.4 Å². The quantitative estimate of drug-likeness (QED) is 0.452. The molecule has 7 heteroatoms. The second-order valence-corrected chi connectivity index (χ2v) is 4.18. The summed E-state index contributed by atoms with van der Waals surface area (Å²) in [6.45, 7) is 0.630. The van der Waals surface area contributed by atoms with E-state index in [1.54, 1.807) is 6.07 Å². The van der Waals surface area contributed by atoms with E-state index in [-0.39, 0.29) is 11.6 Å². The molecule has 1 aromatic carbocycles. The average molecular weight is 272 g/mol. The molecule has 0 aliphatic carbocycles. The first-order valence-corrected chi connectivity index (χ1v) is 5.84. The maximum Gasteiger partial charge on any atom is 0.271 e. The summed E-state index contributed by atoms with van der Waals surface area (Å²) < 4.78 is 0. The predicted molar refractivity (Wildman–Crippen MR) is 69.6 cm³/mol. The second kappa shape index (κ2) is 6.80. The molecule has 0 radical (unpaired) electrons. The molecule has 0 aliphatic rings. The Labute approximate surface area is 109 Å². The van der Waals surface area contributed by atoms with Crippen LogP contribution >= 0.6 is 11.6 Å². The maximum absolute atomic E-state index is 10.5. The zero-order valence-corrected chi connectivity index (χ0v) is 10.4. The average Bonchev–Trinajstić information content (AvgIpc) is 2.29. The zero-order chi connectivity index (χ0) is 13.5. The van der Waals surface area contributed by atoms with Gasteiger partial charge in [-0.1, -0.05) is 11.6 Å². The fourth-order valence-electron chi connectivity index (χ4n) is 1.41. The van der Waals surface area contributed by atoms with Crippen LogP contribution in [-0.4, -0.2) is 17.4 Å². The highest BCUT2D eigenvalue weighted by Crippen LogP contribution is 2.26. The van der Waals surface area contributed by atoms with Crippen LogP contribution in [0.1, 0.15) is 19.3 Å². The summed E-state index contributed by atoms with van der Waals surface area (Å²) >= 11 is 5.90. The smallest absolute Gasteiger partial charge is 0.271 e. The maximum atomic E-state index is 10.5. The van der Waals surface area contributed by atoms with E-state index in [1.807, 2.05) is 0 Å². The minimum Gasteiger partial charge on any atom is -0.384 e. The number of nitro benzene ring substituents is 1. The Morgan fingerprint density at radius 3 is 2.72 bits per heavy atom. The topological polar surface area (TPSA) is 98.3 Å². The van der Waals surface area contributed by atoms with Crippen molar-refractivity contribution in [2.75, 3.05) is 11.9 Å². The number of hydrogen-bond acceptors (Lipinski definition) is 4. The normalized spacial score (nSPS) is 10.1. The van der Waals surface area contributed by atoms with Crippen molar-refractivity contribution in [1.29, 1.82) is 0 Å². The molecule has 0 atom stereocenters. The summed E-state index contributed by atoms with van der Waals surface area (Å²) in [5.41, 5.74) is 5.61. The Balaban J connectivity index is 2.43. The Kier molecular flexibility index (Phi) is 5.38. The van der Waals surface area contributed by atoms with Crippen molar-refractivity contribution in [3.63, 3.8) is 0 Å². The first kappa shape index (κ1) is 14.2. The molecule has 0 fully saturated rings. The molecule has 0 aliphatic heterocycles. The summed E-state index contributed by atoms with van der Waals surface area (Å²) in [5, 5.41) is 13.9. The van der Waals surface area contributed by atoms with Gasteiger partial charge in [0.15, 0.2) is 0 Å². The monoisotopic (exact) mass is 271 g/mol. The number of amides is 1. The lowest BCUT2D eigenvalue weighted by Crippen LogP contribution is -2.11. The number of hydrogen-bond donors (Lipinski definition) is 2. The van der Waals surface area contributed by atoms with E-state index in [2.05, 4.69) is 5.32 Å². The van der Waals surface area contributed by atoms with E-state index >= 15 is 0 Å². The molecule has 0 heterocycles. The van der Waals surface area contributed by atoms with Gasteiger partial charge in [0.1, 0.15) is 0 Å². The highest BCUT2D eigenvalue weighted by Gasteiger charge is 2.08. The number of nitrogens with two attached hydrogens (primary N) is 1. The number of unbranched alkanes of at least 4 members (excludes halogenated alkanes) is 1. The molecule has 0 spiro atoms. The molecule has 3 N–H and O–H groups in total. The highest BCUT2D eigenvalue weighted by molar-refractivity contribution is 6.33. The molecule has 0 bridgehead atoms. The van der Waals surface area contributed by atoms with Gasteiger partial charge in [-0.15, -0.1) is 0 Å². The Bertz CT molecular complexity index is 451. The SMILES string of the molecule is NC(=O)CCCCNc1ccc([N+](=O)[O-])cc1Cl. The van der Waals surface area contributed by atoms with Crippen molar-refractivity contribution in [3.8, 4) is 0 Å². The number of rotatable bonds is 7. The number of benzene rings is 1. The number of anilines is 1. The molecule has 1 rings (SSSR count). The van der Waals surface area contributed by atoms with Gasteiger partial charge in [-0.25, -0.2) is 0 Å². The molecule has 1 amide bonds. The number of carbonyl (C=O) groups is 1. The third-order valence-corrected chi connectivity index (χ3v) is 2.64. The molecular formula is C11H14ClN3O3. The van der Waals surface area contributed by atoms with Gasteiger partial charge in [0, 0.05) is 25.1 Å². The van der Waals surface area contributed by atoms with Crippen LogP contribution < -0.4 is 11.1 Å². The fraction of sp³-hybridized carbons (Fsp3) is 0.364. The van der Waals surface area contributed by atoms with E-state index in [4.69, 9.17) is 17.3 Å². The summed E-state index contributed by atoms with van der Waals surface area (Å²) in [6, 6.07) is 4.25. The van der Waals surface area contributed by atoms with Crippen molar-refractivity contribution in [2.24, 2.45) is 5.73 Å². The molecular weight excluding hydrogens is 258 g/mol. The van der Waals surface area contributed by atoms with Crippen molar-refractivity contribution in [1.82, 2.24) is 0 Å². The third-order valence-electron chi connectivity index (χ3n) is 2.33. The van der Waals surface area contributed by atoms with E-state index in [9.17, 15) is 14.9 Å². The number of nitro groups is 1. The lowest BCUT2D eigenvalue weighted by molar-refractivity contribution is -0.384. The van der Waals surface area contributed by atoms with Gasteiger partial charge < -0.3 is 11.1 Å². The molecule has 18 heavy (non-hydrogen) atoms. The minimum absolute atomic E-state index is 0.0423. The summed E-state index contributed by atoms with van der Waals surface area (Å²) in [7, 11) is 0. The largest absolute Gasteiger partial charge is 0.384 e. The van der Waals surface area contributed by atoms with Crippen LogP contribution in [-0.2, 0) is 4.79 Å².